The van der Waals surface area contributed by atoms with E-state index in [2.05, 4.69) is 43.3 Å². The summed E-state index contributed by atoms with van der Waals surface area (Å²) in [6.07, 6.45) is 6.59. The summed E-state index contributed by atoms with van der Waals surface area (Å²) >= 11 is 0. The Morgan fingerprint density at radius 3 is 3.26 bits per heavy atom. The minimum atomic E-state index is 0.497. The molecule has 3 heterocycles. The molecule has 0 saturated carbocycles. The molecule has 1 aliphatic rings. The van der Waals surface area contributed by atoms with Gasteiger partial charge in [0.15, 0.2) is 0 Å². The first-order valence-electron chi connectivity index (χ1n) is 8.07. The molecule has 0 spiro atoms. The minimum absolute atomic E-state index is 0.497. The number of imidazole rings is 1. The van der Waals surface area contributed by atoms with Crippen LogP contribution in [0.4, 0.5) is 0 Å². The van der Waals surface area contributed by atoms with Crippen LogP contribution >= 0.6 is 0 Å². The highest BCUT2D eigenvalue weighted by molar-refractivity contribution is 5.78. The third-order valence-electron chi connectivity index (χ3n) is 4.38. The van der Waals surface area contributed by atoms with Gasteiger partial charge in [-0.05, 0) is 30.0 Å². The van der Waals surface area contributed by atoms with E-state index in [1.807, 2.05) is 12.4 Å². The van der Waals surface area contributed by atoms with Crippen molar-refractivity contribution in [3.8, 4) is 0 Å². The number of benzene rings is 1. The minimum Gasteiger partial charge on any atom is -0.380 e. The quantitative estimate of drug-likeness (QED) is 0.773. The molecule has 0 radical (unpaired) electrons. The SMILES string of the molecule is c1c[nH]c(CN2CCOC[C@@H](Cc3ccc4[nH]ncc4c3)C2)n1. The average Bonchev–Trinajstić information content (AvgIpc) is 3.17. The fourth-order valence-electron chi connectivity index (χ4n) is 3.27. The van der Waals surface area contributed by atoms with Gasteiger partial charge in [0.05, 0.1) is 31.5 Å². The molecule has 4 rings (SSSR count). The maximum atomic E-state index is 5.81. The molecule has 2 aromatic heterocycles. The molecule has 6 heteroatoms. The van der Waals surface area contributed by atoms with Crippen molar-refractivity contribution < 1.29 is 4.74 Å². The first-order chi connectivity index (χ1) is 11.4. The lowest BCUT2D eigenvalue weighted by atomic mass is 9.98. The number of rotatable bonds is 4. The van der Waals surface area contributed by atoms with Gasteiger partial charge in [0.1, 0.15) is 5.82 Å². The summed E-state index contributed by atoms with van der Waals surface area (Å²) in [5, 5.41) is 8.26. The monoisotopic (exact) mass is 311 g/mol. The van der Waals surface area contributed by atoms with Crippen molar-refractivity contribution in [1.82, 2.24) is 25.1 Å². The third kappa shape index (κ3) is 3.43. The number of hydrogen-bond donors (Lipinski definition) is 2. The Morgan fingerprint density at radius 1 is 1.35 bits per heavy atom. The van der Waals surface area contributed by atoms with Gasteiger partial charge in [-0.1, -0.05) is 6.07 Å². The Bertz CT molecular complexity index is 751. The molecule has 0 aliphatic carbocycles. The largest absolute Gasteiger partial charge is 0.380 e. The summed E-state index contributed by atoms with van der Waals surface area (Å²) in [6, 6.07) is 6.51. The third-order valence-corrected chi connectivity index (χ3v) is 4.38. The van der Waals surface area contributed by atoms with Crippen molar-refractivity contribution in [1.29, 1.82) is 0 Å². The van der Waals surface area contributed by atoms with Crippen LogP contribution in [0.3, 0.4) is 0 Å². The van der Waals surface area contributed by atoms with Crippen LogP contribution in [0.25, 0.3) is 10.9 Å². The predicted molar refractivity (Wildman–Crippen MR) is 88.0 cm³/mol. The number of fused-ring (bicyclic) bond motifs is 1. The molecular formula is C17H21N5O. The molecule has 1 saturated heterocycles. The lowest BCUT2D eigenvalue weighted by molar-refractivity contribution is 0.121. The fraction of sp³-hybridized carbons (Fsp3) is 0.412. The van der Waals surface area contributed by atoms with Crippen molar-refractivity contribution in [3.05, 3.63) is 48.2 Å². The van der Waals surface area contributed by atoms with E-state index in [1.54, 1.807) is 6.20 Å². The summed E-state index contributed by atoms with van der Waals surface area (Å²) < 4.78 is 5.81. The topological polar surface area (TPSA) is 69.8 Å². The summed E-state index contributed by atoms with van der Waals surface area (Å²) in [5.41, 5.74) is 2.43. The molecule has 0 amide bonds. The molecule has 120 valence electrons. The lowest BCUT2D eigenvalue weighted by Gasteiger charge is -2.22. The summed E-state index contributed by atoms with van der Waals surface area (Å²) in [7, 11) is 0. The molecule has 1 aliphatic heterocycles. The van der Waals surface area contributed by atoms with E-state index in [4.69, 9.17) is 4.74 Å². The van der Waals surface area contributed by atoms with Gasteiger partial charge in [-0.2, -0.15) is 5.10 Å². The second-order valence-corrected chi connectivity index (χ2v) is 6.21. The van der Waals surface area contributed by atoms with E-state index >= 15 is 0 Å². The molecule has 0 bridgehead atoms. The molecule has 1 fully saturated rings. The molecule has 1 aromatic carbocycles. The number of ether oxygens (including phenoxy) is 1. The normalized spacial score (nSPS) is 19.9. The standard InChI is InChI=1S/C17H21N5O/c1-2-16-15(9-20-21-16)8-13(1)7-14-10-22(5-6-23-12-14)11-17-18-3-4-19-17/h1-4,8-9,14H,5-7,10-12H2,(H,18,19)(H,20,21)/t14-/m0/s1. The van der Waals surface area contributed by atoms with E-state index in [0.29, 0.717) is 5.92 Å². The van der Waals surface area contributed by atoms with E-state index in [0.717, 1.165) is 50.6 Å². The Labute approximate surface area is 134 Å². The predicted octanol–water partition coefficient (Wildman–Crippen LogP) is 1.98. The van der Waals surface area contributed by atoms with Crippen molar-refractivity contribution in [2.45, 2.75) is 13.0 Å². The van der Waals surface area contributed by atoms with Gasteiger partial charge in [-0.25, -0.2) is 4.98 Å². The van der Waals surface area contributed by atoms with Crippen LogP contribution in [-0.4, -0.2) is 51.4 Å². The molecule has 1 atom stereocenters. The number of nitrogens with one attached hydrogen (secondary N) is 2. The first kappa shape index (κ1) is 14.4. The summed E-state index contributed by atoms with van der Waals surface area (Å²) in [6.45, 7) is 4.45. The summed E-state index contributed by atoms with van der Waals surface area (Å²) in [4.78, 5) is 9.94. The van der Waals surface area contributed by atoms with Crippen LogP contribution in [-0.2, 0) is 17.7 Å². The van der Waals surface area contributed by atoms with Gasteiger partial charge >= 0.3 is 0 Å². The maximum absolute atomic E-state index is 5.81. The van der Waals surface area contributed by atoms with Crippen LogP contribution in [0.5, 0.6) is 0 Å². The molecule has 2 N–H and O–H groups in total. The Hall–Kier alpha value is -2.18. The molecular weight excluding hydrogens is 290 g/mol. The second-order valence-electron chi connectivity index (χ2n) is 6.21. The van der Waals surface area contributed by atoms with Crippen molar-refractivity contribution in [2.24, 2.45) is 5.92 Å². The molecule has 0 unspecified atom stereocenters. The maximum Gasteiger partial charge on any atom is 0.120 e. The highest BCUT2D eigenvalue weighted by atomic mass is 16.5. The van der Waals surface area contributed by atoms with Gasteiger partial charge in [0, 0.05) is 30.9 Å². The zero-order valence-electron chi connectivity index (χ0n) is 13.0. The van der Waals surface area contributed by atoms with Crippen LogP contribution in [0.1, 0.15) is 11.4 Å². The van der Waals surface area contributed by atoms with Gasteiger partial charge < -0.3 is 9.72 Å². The Balaban J connectivity index is 1.44. The Morgan fingerprint density at radius 2 is 2.35 bits per heavy atom. The van der Waals surface area contributed by atoms with Crippen molar-refractivity contribution in [3.63, 3.8) is 0 Å². The average molecular weight is 311 g/mol. The zero-order valence-corrected chi connectivity index (χ0v) is 13.0. The lowest BCUT2D eigenvalue weighted by Crippen LogP contribution is -2.30. The van der Waals surface area contributed by atoms with E-state index in [1.165, 1.54) is 10.9 Å². The highest BCUT2D eigenvalue weighted by Gasteiger charge is 2.20. The second kappa shape index (κ2) is 6.52. The number of aromatic amines is 2. The molecule has 3 aromatic rings. The van der Waals surface area contributed by atoms with Crippen molar-refractivity contribution in [2.75, 3.05) is 26.3 Å². The van der Waals surface area contributed by atoms with Crippen LogP contribution in [0.2, 0.25) is 0 Å². The fourth-order valence-corrected chi connectivity index (χ4v) is 3.27. The van der Waals surface area contributed by atoms with E-state index in [-0.39, 0.29) is 0 Å². The molecule has 23 heavy (non-hydrogen) atoms. The smallest absolute Gasteiger partial charge is 0.120 e. The first-order valence-corrected chi connectivity index (χ1v) is 8.07. The number of nitrogens with zero attached hydrogens (tertiary/aromatic N) is 3. The number of hydrogen-bond acceptors (Lipinski definition) is 4. The number of H-pyrrole nitrogens is 2. The van der Waals surface area contributed by atoms with Crippen LogP contribution in [0.15, 0.2) is 36.8 Å². The van der Waals surface area contributed by atoms with Gasteiger partial charge in [-0.15, -0.1) is 0 Å². The summed E-state index contributed by atoms with van der Waals surface area (Å²) in [5.74, 6) is 1.52. The van der Waals surface area contributed by atoms with Gasteiger partial charge in [0.2, 0.25) is 0 Å². The van der Waals surface area contributed by atoms with E-state index in [9.17, 15) is 0 Å². The highest BCUT2D eigenvalue weighted by Crippen LogP contribution is 2.18. The van der Waals surface area contributed by atoms with Gasteiger partial charge in [0.25, 0.3) is 0 Å². The van der Waals surface area contributed by atoms with Crippen molar-refractivity contribution >= 4 is 10.9 Å². The zero-order chi connectivity index (χ0) is 15.5. The van der Waals surface area contributed by atoms with Crippen LogP contribution < -0.4 is 0 Å². The van der Waals surface area contributed by atoms with Gasteiger partial charge in [-0.3, -0.25) is 10.00 Å². The van der Waals surface area contributed by atoms with E-state index < -0.39 is 0 Å². The molecule has 6 nitrogen and oxygen atoms in total. The number of aromatic nitrogens is 4. The van der Waals surface area contributed by atoms with Crippen LogP contribution in [0, 0.1) is 5.92 Å². The Kier molecular flexibility index (Phi) is 4.08.